The number of hydrogen-bond acceptors (Lipinski definition) is 5. The molecule has 0 aliphatic carbocycles. The Morgan fingerprint density at radius 2 is 1.50 bits per heavy atom. The zero-order valence-corrected chi connectivity index (χ0v) is 13.7. The maximum Gasteiger partial charge on any atom is 0.269 e. The van der Waals surface area contributed by atoms with Crippen molar-refractivity contribution in [1.82, 2.24) is 9.97 Å². The van der Waals surface area contributed by atoms with E-state index in [4.69, 9.17) is 0 Å². The molecule has 6 nitrogen and oxygen atoms in total. The van der Waals surface area contributed by atoms with Crippen molar-refractivity contribution in [2.45, 2.75) is 0 Å². The summed E-state index contributed by atoms with van der Waals surface area (Å²) < 4.78 is 0. The number of nitrogens with one attached hydrogen (secondary N) is 1. The largest absolute Gasteiger partial charge is 0.340 e. The van der Waals surface area contributed by atoms with Gasteiger partial charge in [-0.3, -0.25) is 10.1 Å². The van der Waals surface area contributed by atoms with Crippen molar-refractivity contribution in [3.8, 4) is 11.4 Å². The minimum atomic E-state index is -0.423. The van der Waals surface area contributed by atoms with E-state index < -0.39 is 4.92 Å². The maximum absolute atomic E-state index is 10.8. The van der Waals surface area contributed by atoms with Crippen LogP contribution in [0.1, 0.15) is 0 Å². The Hall–Kier alpha value is -3.80. The normalized spacial score (nSPS) is 10.6. The number of para-hydroxylation sites is 2. The standard InChI is InChI=1S/C20H14N4O2/c25-24(26)16-12-10-14(11-13-16)19-22-18-9-5-4-8-17(18)20(23-19)21-15-6-2-1-3-7-15/h1-13H,(H,21,22,23). The van der Waals surface area contributed by atoms with Crippen LogP contribution in [-0.4, -0.2) is 14.9 Å². The molecule has 0 fully saturated rings. The molecule has 0 amide bonds. The zero-order valence-electron chi connectivity index (χ0n) is 13.7. The van der Waals surface area contributed by atoms with Gasteiger partial charge >= 0.3 is 0 Å². The highest BCUT2D eigenvalue weighted by atomic mass is 16.6. The van der Waals surface area contributed by atoms with Crippen LogP contribution in [0.5, 0.6) is 0 Å². The Labute approximate surface area is 149 Å². The van der Waals surface area contributed by atoms with Gasteiger partial charge in [0, 0.05) is 28.8 Å². The van der Waals surface area contributed by atoms with E-state index in [0.717, 1.165) is 22.2 Å². The Kier molecular flexibility index (Phi) is 3.99. The molecular weight excluding hydrogens is 328 g/mol. The molecule has 0 spiro atoms. The third-order valence-electron chi connectivity index (χ3n) is 3.98. The van der Waals surface area contributed by atoms with Crippen molar-refractivity contribution >= 4 is 28.1 Å². The fourth-order valence-electron chi connectivity index (χ4n) is 2.69. The summed E-state index contributed by atoms with van der Waals surface area (Å²) in [5, 5.41) is 15.1. The van der Waals surface area contributed by atoms with Gasteiger partial charge in [-0.05, 0) is 36.4 Å². The number of nitro benzene ring substituents is 1. The average molecular weight is 342 g/mol. The Morgan fingerprint density at radius 1 is 0.808 bits per heavy atom. The highest BCUT2D eigenvalue weighted by Crippen LogP contribution is 2.28. The van der Waals surface area contributed by atoms with Crippen molar-refractivity contribution in [3.05, 3.63) is 89.0 Å². The highest BCUT2D eigenvalue weighted by Gasteiger charge is 2.11. The van der Waals surface area contributed by atoms with Crippen LogP contribution in [0.3, 0.4) is 0 Å². The van der Waals surface area contributed by atoms with Crippen LogP contribution >= 0.6 is 0 Å². The third-order valence-corrected chi connectivity index (χ3v) is 3.98. The van der Waals surface area contributed by atoms with Crippen LogP contribution < -0.4 is 5.32 Å². The lowest BCUT2D eigenvalue weighted by Gasteiger charge is -2.11. The molecule has 1 N–H and O–H groups in total. The molecule has 4 aromatic rings. The Bertz CT molecular complexity index is 1080. The molecule has 3 aromatic carbocycles. The summed E-state index contributed by atoms with van der Waals surface area (Å²) in [5.41, 5.74) is 2.48. The van der Waals surface area contributed by atoms with Gasteiger partial charge in [-0.1, -0.05) is 30.3 Å². The molecule has 0 radical (unpaired) electrons. The van der Waals surface area contributed by atoms with E-state index in [9.17, 15) is 10.1 Å². The summed E-state index contributed by atoms with van der Waals surface area (Å²) in [6, 6.07) is 23.7. The van der Waals surface area contributed by atoms with Gasteiger partial charge in [-0.2, -0.15) is 0 Å². The molecule has 0 aliphatic rings. The van der Waals surface area contributed by atoms with Gasteiger partial charge in [0.15, 0.2) is 5.82 Å². The molecule has 0 saturated heterocycles. The number of aromatic nitrogens is 2. The van der Waals surface area contributed by atoms with E-state index in [0.29, 0.717) is 11.6 Å². The maximum atomic E-state index is 10.8. The molecule has 26 heavy (non-hydrogen) atoms. The van der Waals surface area contributed by atoms with Gasteiger partial charge in [-0.25, -0.2) is 9.97 Å². The van der Waals surface area contributed by atoms with Crippen LogP contribution in [0, 0.1) is 10.1 Å². The lowest BCUT2D eigenvalue weighted by Crippen LogP contribution is -1.99. The van der Waals surface area contributed by atoms with Crippen LogP contribution in [0.25, 0.3) is 22.3 Å². The van der Waals surface area contributed by atoms with Crippen molar-refractivity contribution in [1.29, 1.82) is 0 Å². The van der Waals surface area contributed by atoms with Gasteiger partial charge < -0.3 is 5.32 Å². The predicted octanol–water partition coefficient (Wildman–Crippen LogP) is 4.95. The second-order valence-electron chi connectivity index (χ2n) is 5.71. The topological polar surface area (TPSA) is 81.0 Å². The fourth-order valence-corrected chi connectivity index (χ4v) is 2.69. The second kappa shape index (κ2) is 6.60. The van der Waals surface area contributed by atoms with E-state index in [1.165, 1.54) is 12.1 Å². The molecule has 0 aliphatic heterocycles. The van der Waals surface area contributed by atoms with Crippen molar-refractivity contribution < 1.29 is 4.92 Å². The minimum absolute atomic E-state index is 0.0390. The average Bonchev–Trinajstić information content (AvgIpc) is 2.69. The zero-order chi connectivity index (χ0) is 17.9. The monoisotopic (exact) mass is 342 g/mol. The smallest absolute Gasteiger partial charge is 0.269 e. The molecule has 0 unspecified atom stereocenters. The fraction of sp³-hybridized carbons (Fsp3) is 0. The number of non-ortho nitro benzene ring substituents is 1. The highest BCUT2D eigenvalue weighted by molar-refractivity contribution is 5.92. The van der Waals surface area contributed by atoms with Gasteiger partial charge in [0.25, 0.3) is 5.69 Å². The van der Waals surface area contributed by atoms with Crippen LogP contribution in [0.4, 0.5) is 17.2 Å². The molecule has 1 aromatic heterocycles. The van der Waals surface area contributed by atoms with E-state index >= 15 is 0 Å². The quantitative estimate of drug-likeness (QED) is 0.419. The van der Waals surface area contributed by atoms with Gasteiger partial charge in [-0.15, -0.1) is 0 Å². The molecule has 0 bridgehead atoms. The summed E-state index contributed by atoms with van der Waals surface area (Å²) in [6.45, 7) is 0. The molecule has 0 atom stereocenters. The summed E-state index contributed by atoms with van der Waals surface area (Å²) in [5.74, 6) is 1.20. The van der Waals surface area contributed by atoms with Crippen LogP contribution in [-0.2, 0) is 0 Å². The predicted molar refractivity (Wildman–Crippen MR) is 101 cm³/mol. The lowest BCUT2D eigenvalue weighted by atomic mass is 10.1. The molecule has 4 rings (SSSR count). The first-order valence-electron chi connectivity index (χ1n) is 8.04. The van der Waals surface area contributed by atoms with Gasteiger partial charge in [0.1, 0.15) is 5.82 Å². The van der Waals surface area contributed by atoms with E-state index in [1.54, 1.807) is 12.1 Å². The summed E-state index contributed by atoms with van der Waals surface area (Å²) in [6.07, 6.45) is 0. The number of anilines is 2. The second-order valence-corrected chi connectivity index (χ2v) is 5.71. The Morgan fingerprint density at radius 3 is 2.23 bits per heavy atom. The first-order valence-corrected chi connectivity index (χ1v) is 8.04. The number of hydrogen-bond donors (Lipinski definition) is 1. The number of fused-ring (bicyclic) bond motifs is 1. The molecular formula is C20H14N4O2. The number of nitrogens with zero attached hydrogens (tertiary/aromatic N) is 3. The molecule has 126 valence electrons. The van der Waals surface area contributed by atoms with Crippen LogP contribution in [0.15, 0.2) is 78.9 Å². The molecule has 6 heteroatoms. The van der Waals surface area contributed by atoms with Crippen molar-refractivity contribution in [2.75, 3.05) is 5.32 Å². The first kappa shape index (κ1) is 15.7. The molecule has 1 heterocycles. The van der Waals surface area contributed by atoms with Crippen molar-refractivity contribution in [2.24, 2.45) is 0 Å². The summed E-state index contributed by atoms with van der Waals surface area (Å²) in [4.78, 5) is 19.7. The van der Waals surface area contributed by atoms with Crippen molar-refractivity contribution in [3.63, 3.8) is 0 Å². The van der Waals surface area contributed by atoms with E-state index in [-0.39, 0.29) is 5.69 Å². The lowest BCUT2D eigenvalue weighted by molar-refractivity contribution is -0.384. The van der Waals surface area contributed by atoms with E-state index in [1.807, 2.05) is 54.6 Å². The Balaban J connectivity index is 1.82. The van der Waals surface area contributed by atoms with E-state index in [2.05, 4.69) is 15.3 Å². The SMILES string of the molecule is O=[N+]([O-])c1ccc(-c2nc(Nc3ccccc3)c3ccccc3n2)cc1. The van der Waals surface area contributed by atoms with Crippen LogP contribution in [0.2, 0.25) is 0 Å². The third kappa shape index (κ3) is 3.08. The van der Waals surface area contributed by atoms with Gasteiger partial charge in [0.2, 0.25) is 0 Å². The molecule has 0 saturated carbocycles. The number of rotatable bonds is 4. The number of nitro groups is 1. The minimum Gasteiger partial charge on any atom is -0.340 e. The summed E-state index contributed by atoms with van der Waals surface area (Å²) in [7, 11) is 0. The van der Waals surface area contributed by atoms with Gasteiger partial charge in [0.05, 0.1) is 10.4 Å². The summed E-state index contributed by atoms with van der Waals surface area (Å²) >= 11 is 0. The first-order chi connectivity index (χ1) is 12.7. The number of benzene rings is 3.